The van der Waals surface area contributed by atoms with Gasteiger partial charge in [0.1, 0.15) is 11.1 Å². The first-order valence-electron chi connectivity index (χ1n) is 8.19. The van der Waals surface area contributed by atoms with Crippen LogP contribution in [0, 0.1) is 5.41 Å². The van der Waals surface area contributed by atoms with Gasteiger partial charge < -0.3 is 19.2 Å². The summed E-state index contributed by atoms with van der Waals surface area (Å²) in [6.45, 7) is 0.431. The SMILES string of the molecule is COc1ccc(CCNC(=O)c2cc3ccccc3oc2=N)cc1OC. The fourth-order valence-corrected chi connectivity index (χ4v) is 2.70. The van der Waals surface area contributed by atoms with E-state index >= 15 is 0 Å². The third-order valence-corrected chi connectivity index (χ3v) is 4.07. The number of fused-ring (bicyclic) bond motifs is 1. The highest BCUT2D eigenvalue weighted by molar-refractivity contribution is 5.96. The van der Waals surface area contributed by atoms with Crippen LogP contribution < -0.4 is 20.3 Å². The molecule has 0 spiro atoms. The van der Waals surface area contributed by atoms with Gasteiger partial charge >= 0.3 is 0 Å². The van der Waals surface area contributed by atoms with Gasteiger partial charge in [0.05, 0.1) is 14.2 Å². The molecule has 134 valence electrons. The van der Waals surface area contributed by atoms with Gasteiger partial charge in [-0.1, -0.05) is 24.3 Å². The molecule has 0 aliphatic carbocycles. The molecule has 0 bridgehead atoms. The summed E-state index contributed by atoms with van der Waals surface area (Å²) in [4.78, 5) is 12.4. The van der Waals surface area contributed by atoms with Crippen LogP contribution in [0.3, 0.4) is 0 Å². The summed E-state index contributed by atoms with van der Waals surface area (Å²) < 4.78 is 15.9. The number of para-hydroxylation sites is 1. The molecule has 26 heavy (non-hydrogen) atoms. The Kier molecular flexibility index (Phi) is 5.22. The van der Waals surface area contributed by atoms with Crippen molar-refractivity contribution < 1.29 is 18.7 Å². The molecule has 3 aromatic rings. The summed E-state index contributed by atoms with van der Waals surface area (Å²) in [5.74, 6) is 0.986. The van der Waals surface area contributed by atoms with E-state index in [2.05, 4.69) is 5.32 Å². The predicted octanol–water partition coefficient (Wildman–Crippen LogP) is 2.90. The van der Waals surface area contributed by atoms with E-state index in [0.29, 0.717) is 30.0 Å². The third-order valence-electron chi connectivity index (χ3n) is 4.07. The summed E-state index contributed by atoms with van der Waals surface area (Å²) in [7, 11) is 3.17. The van der Waals surface area contributed by atoms with Gasteiger partial charge in [-0.25, -0.2) is 0 Å². The molecule has 0 radical (unpaired) electrons. The van der Waals surface area contributed by atoms with Gasteiger partial charge in [0.15, 0.2) is 11.5 Å². The van der Waals surface area contributed by atoms with E-state index in [1.54, 1.807) is 26.4 Å². The van der Waals surface area contributed by atoms with Crippen molar-refractivity contribution >= 4 is 16.9 Å². The smallest absolute Gasteiger partial charge is 0.256 e. The first-order chi connectivity index (χ1) is 12.6. The van der Waals surface area contributed by atoms with Crippen molar-refractivity contribution in [1.29, 1.82) is 5.41 Å². The van der Waals surface area contributed by atoms with E-state index in [9.17, 15) is 4.79 Å². The van der Waals surface area contributed by atoms with Crippen LogP contribution in [0.25, 0.3) is 11.0 Å². The fraction of sp³-hybridized carbons (Fsp3) is 0.200. The van der Waals surface area contributed by atoms with Crippen molar-refractivity contribution in [2.24, 2.45) is 0 Å². The number of nitrogens with one attached hydrogen (secondary N) is 2. The van der Waals surface area contributed by atoms with Gasteiger partial charge in [-0.3, -0.25) is 10.2 Å². The van der Waals surface area contributed by atoms with Gasteiger partial charge in [0, 0.05) is 11.9 Å². The van der Waals surface area contributed by atoms with E-state index in [-0.39, 0.29) is 17.0 Å². The number of ether oxygens (including phenoxy) is 2. The van der Waals surface area contributed by atoms with Crippen molar-refractivity contribution in [2.75, 3.05) is 20.8 Å². The summed E-state index contributed by atoms with van der Waals surface area (Å²) in [6.07, 6.45) is 0.629. The Morgan fingerprint density at radius 1 is 1.08 bits per heavy atom. The number of benzene rings is 2. The van der Waals surface area contributed by atoms with Crippen LogP contribution in [0.1, 0.15) is 15.9 Å². The van der Waals surface area contributed by atoms with E-state index in [1.807, 2.05) is 36.4 Å². The van der Waals surface area contributed by atoms with E-state index in [4.69, 9.17) is 19.3 Å². The van der Waals surface area contributed by atoms with Crippen molar-refractivity contribution in [3.05, 3.63) is 65.2 Å². The second-order valence-electron chi connectivity index (χ2n) is 5.72. The fourth-order valence-electron chi connectivity index (χ4n) is 2.70. The molecule has 0 aliphatic heterocycles. The van der Waals surface area contributed by atoms with E-state index in [0.717, 1.165) is 10.9 Å². The minimum Gasteiger partial charge on any atom is -0.493 e. The lowest BCUT2D eigenvalue weighted by Gasteiger charge is -2.10. The summed E-state index contributed by atoms with van der Waals surface area (Å²) in [6, 6.07) is 14.6. The topological polar surface area (TPSA) is 84.5 Å². The maximum Gasteiger partial charge on any atom is 0.256 e. The summed E-state index contributed by atoms with van der Waals surface area (Å²) in [5.41, 5.74) is 1.67. The Bertz CT molecular complexity index is 995. The largest absolute Gasteiger partial charge is 0.493 e. The lowest BCUT2D eigenvalue weighted by molar-refractivity contribution is 0.0950. The van der Waals surface area contributed by atoms with Crippen molar-refractivity contribution in [3.8, 4) is 11.5 Å². The second-order valence-corrected chi connectivity index (χ2v) is 5.72. The van der Waals surface area contributed by atoms with E-state index in [1.165, 1.54) is 0 Å². The Balaban J connectivity index is 1.68. The zero-order valence-corrected chi connectivity index (χ0v) is 14.7. The number of hydrogen-bond acceptors (Lipinski definition) is 5. The highest BCUT2D eigenvalue weighted by Gasteiger charge is 2.11. The Morgan fingerprint density at radius 3 is 2.62 bits per heavy atom. The molecular weight excluding hydrogens is 332 g/mol. The molecule has 1 aromatic heterocycles. The van der Waals surface area contributed by atoms with Crippen LogP contribution >= 0.6 is 0 Å². The van der Waals surface area contributed by atoms with Gasteiger partial charge in [0.25, 0.3) is 5.91 Å². The van der Waals surface area contributed by atoms with Gasteiger partial charge in [-0.2, -0.15) is 0 Å². The number of methoxy groups -OCH3 is 2. The first-order valence-corrected chi connectivity index (χ1v) is 8.19. The molecule has 6 nitrogen and oxygen atoms in total. The van der Waals surface area contributed by atoms with Crippen molar-refractivity contribution in [1.82, 2.24) is 5.32 Å². The number of hydrogen-bond donors (Lipinski definition) is 2. The number of amides is 1. The number of carbonyl (C=O) groups excluding carboxylic acids is 1. The van der Waals surface area contributed by atoms with Crippen LogP contribution in [-0.2, 0) is 6.42 Å². The minimum absolute atomic E-state index is 0.146. The van der Waals surface area contributed by atoms with Crippen LogP contribution in [0.5, 0.6) is 11.5 Å². The molecule has 1 heterocycles. The maximum atomic E-state index is 12.4. The third kappa shape index (κ3) is 3.69. The van der Waals surface area contributed by atoms with Crippen LogP contribution in [0.2, 0.25) is 0 Å². The molecule has 0 saturated carbocycles. The zero-order chi connectivity index (χ0) is 18.5. The molecule has 0 atom stereocenters. The van der Waals surface area contributed by atoms with Crippen LogP contribution in [-0.4, -0.2) is 26.7 Å². The molecule has 0 saturated heterocycles. The van der Waals surface area contributed by atoms with Gasteiger partial charge in [-0.05, 0) is 36.2 Å². The van der Waals surface area contributed by atoms with Crippen molar-refractivity contribution in [2.45, 2.75) is 6.42 Å². The summed E-state index contributed by atoms with van der Waals surface area (Å²) >= 11 is 0. The molecule has 2 N–H and O–H groups in total. The normalized spacial score (nSPS) is 10.5. The standard InChI is InChI=1S/C20H20N2O4/c1-24-17-8-7-13(11-18(17)25-2)9-10-22-20(23)15-12-14-5-3-4-6-16(14)26-19(15)21/h3-8,11-12,21H,9-10H2,1-2H3,(H,22,23). The lowest BCUT2D eigenvalue weighted by atomic mass is 10.1. The second kappa shape index (κ2) is 7.74. The highest BCUT2D eigenvalue weighted by atomic mass is 16.5. The Hall–Kier alpha value is -3.28. The molecule has 6 heteroatoms. The molecular formula is C20H20N2O4. The van der Waals surface area contributed by atoms with Gasteiger partial charge in [0.2, 0.25) is 5.55 Å². The molecule has 0 unspecified atom stereocenters. The number of carbonyl (C=O) groups is 1. The van der Waals surface area contributed by atoms with E-state index < -0.39 is 0 Å². The van der Waals surface area contributed by atoms with Crippen molar-refractivity contribution in [3.63, 3.8) is 0 Å². The molecule has 2 aromatic carbocycles. The quantitative estimate of drug-likeness (QED) is 0.714. The first kappa shape index (κ1) is 17.5. The molecule has 3 rings (SSSR count). The average Bonchev–Trinajstić information content (AvgIpc) is 2.67. The highest BCUT2D eigenvalue weighted by Crippen LogP contribution is 2.27. The van der Waals surface area contributed by atoms with Crippen LogP contribution in [0.15, 0.2) is 52.9 Å². The molecule has 0 aliphatic rings. The Labute approximate surface area is 150 Å². The predicted molar refractivity (Wildman–Crippen MR) is 97.7 cm³/mol. The zero-order valence-electron chi connectivity index (χ0n) is 14.7. The number of rotatable bonds is 6. The monoisotopic (exact) mass is 352 g/mol. The Morgan fingerprint density at radius 2 is 1.85 bits per heavy atom. The summed E-state index contributed by atoms with van der Waals surface area (Å²) in [5, 5.41) is 11.5. The lowest BCUT2D eigenvalue weighted by Crippen LogP contribution is -2.30. The molecule has 0 fully saturated rings. The molecule has 1 amide bonds. The van der Waals surface area contributed by atoms with Crippen LogP contribution in [0.4, 0.5) is 0 Å². The average molecular weight is 352 g/mol. The maximum absolute atomic E-state index is 12.4. The van der Waals surface area contributed by atoms with Gasteiger partial charge in [-0.15, -0.1) is 0 Å². The minimum atomic E-state index is -0.329.